The van der Waals surface area contributed by atoms with Gasteiger partial charge in [-0.25, -0.2) is 9.97 Å². The third-order valence-corrected chi connectivity index (χ3v) is 4.19. The van der Waals surface area contributed by atoms with E-state index in [1.807, 2.05) is 0 Å². The number of fused-ring (bicyclic) bond motifs is 1. The summed E-state index contributed by atoms with van der Waals surface area (Å²) in [6.07, 6.45) is 4.98. The average Bonchev–Trinajstić information content (AvgIpc) is 3.37. The maximum Gasteiger partial charge on any atom is 0.256 e. The summed E-state index contributed by atoms with van der Waals surface area (Å²) < 4.78 is 6.84. The summed E-state index contributed by atoms with van der Waals surface area (Å²) in [6, 6.07) is 5.35. The highest BCUT2D eigenvalue weighted by Gasteiger charge is 2.26. The molecule has 0 bridgehead atoms. The summed E-state index contributed by atoms with van der Waals surface area (Å²) in [6.45, 7) is 0. The lowest BCUT2D eigenvalue weighted by Gasteiger charge is -2.24. The van der Waals surface area contributed by atoms with Crippen molar-refractivity contribution in [1.82, 2.24) is 24.9 Å². The standard InChI is InChI=1S/C17H16B3N7O2/c1-21-13-7-12(25-11-3-2-6-22-16(11)29-17(18,19)20)26-14-10(8-23-27(13)14)15(28)24-9-4-5-9/h2-3,6-9,21H,4-5H2,1H3,(H,24,28)(H,25,26). The largest absolute Gasteiger partial charge is 0.499 e. The lowest BCUT2D eigenvalue weighted by Crippen LogP contribution is -2.38. The van der Waals surface area contributed by atoms with Gasteiger partial charge in [-0.15, -0.1) is 0 Å². The van der Waals surface area contributed by atoms with Crippen LogP contribution in [0.5, 0.6) is 5.88 Å². The summed E-state index contributed by atoms with van der Waals surface area (Å²) in [5.74, 6) is 0.948. The second kappa shape index (κ2) is 7.34. The molecule has 140 valence electrons. The molecule has 12 heteroatoms. The predicted octanol–water partition coefficient (Wildman–Crippen LogP) is 0.297. The molecule has 0 spiro atoms. The molecule has 9 nitrogen and oxygen atoms in total. The van der Waals surface area contributed by atoms with Gasteiger partial charge >= 0.3 is 0 Å². The number of nitrogens with zero attached hydrogens (tertiary/aromatic N) is 4. The third-order valence-electron chi connectivity index (χ3n) is 4.19. The molecule has 0 aliphatic heterocycles. The van der Waals surface area contributed by atoms with Gasteiger partial charge in [0.05, 0.1) is 6.20 Å². The first kappa shape index (κ1) is 19.2. The first-order valence-corrected chi connectivity index (χ1v) is 8.99. The smallest absolute Gasteiger partial charge is 0.256 e. The highest BCUT2D eigenvalue weighted by molar-refractivity contribution is 6.58. The Morgan fingerprint density at radius 2 is 2.14 bits per heavy atom. The maximum absolute atomic E-state index is 12.5. The van der Waals surface area contributed by atoms with Crippen LogP contribution in [-0.4, -0.2) is 67.4 Å². The Labute approximate surface area is 171 Å². The van der Waals surface area contributed by atoms with Gasteiger partial charge < -0.3 is 20.7 Å². The predicted molar refractivity (Wildman–Crippen MR) is 111 cm³/mol. The van der Waals surface area contributed by atoms with Crippen molar-refractivity contribution in [2.75, 3.05) is 17.7 Å². The number of hydrogen-bond donors (Lipinski definition) is 3. The Morgan fingerprint density at radius 1 is 1.34 bits per heavy atom. The van der Waals surface area contributed by atoms with E-state index in [4.69, 9.17) is 28.3 Å². The van der Waals surface area contributed by atoms with E-state index in [1.165, 1.54) is 12.4 Å². The SMILES string of the molecule is [B]C([B])([B])Oc1ncccc1Nc1cc(NC)n2ncc(C(=O)NC3CC3)c2n1. The Bertz CT molecular complexity index is 1060. The van der Waals surface area contributed by atoms with Crippen LogP contribution in [0.2, 0.25) is 0 Å². The molecule has 0 unspecified atom stereocenters. The fraction of sp³-hybridized carbons (Fsp3) is 0.294. The molecule has 0 atom stereocenters. The second-order valence-corrected chi connectivity index (χ2v) is 6.75. The molecular weight excluding hydrogens is 367 g/mol. The van der Waals surface area contributed by atoms with Gasteiger partial charge in [-0.2, -0.15) is 9.61 Å². The van der Waals surface area contributed by atoms with Crippen LogP contribution in [0.15, 0.2) is 30.6 Å². The average molecular weight is 383 g/mol. The van der Waals surface area contributed by atoms with E-state index in [9.17, 15) is 4.79 Å². The molecule has 3 N–H and O–H groups in total. The number of nitrogens with one attached hydrogen (secondary N) is 3. The Kier molecular flexibility index (Phi) is 4.85. The number of rotatable bonds is 7. The van der Waals surface area contributed by atoms with Crippen molar-refractivity contribution in [3.8, 4) is 5.88 Å². The van der Waals surface area contributed by atoms with Crippen LogP contribution < -0.4 is 20.7 Å². The fourth-order valence-corrected chi connectivity index (χ4v) is 2.73. The molecule has 1 aliphatic rings. The van der Waals surface area contributed by atoms with Crippen molar-refractivity contribution in [2.24, 2.45) is 0 Å². The zero-order chi connectivity index (χ0) is 20.6. The zero-order valence-electron chi connectivity index (χ0n) is 15.7. The number of pyridine rings is 1. The van der Waals surface area contributed by atoms with E-state index in [0.29, 0.717) is 28.5 Å². The number of carbonyl (C=O) groups excluding carboxylic acids is 1. The number of ether oxygens (including phenoxy) is 1. The van der Waals surface area contributed by atoms with Crippen LogP contribution in [0.25, 0.3) is 5.65 Å². The number of aromatic nitrogens is 4. The number of hydrogen-bond acceptors (Lipinski definition) is 7. The van der Waals surface area contributed by atoms with E-state index in [-0.39, 0.29) is 17.8 Å². The molecule has 1 fully saturated rings. The van der Waals surface area contributed by atoms with Gasteiger partial charge in [0.15, 0.2) is 5.65 Å². The molecule has 29 heavy (non-hydrogen) atoms. The molecule has 1 amide bonds. The first-order chi connectivity index (χ1) is 13.8. The third kappa shape index (κ3) is 4.31. The van der Waals surface area contributed by atoms with Crippen molar-refractivity contribution in [3.63, 3.8) is 0 Å². The van der Waals surface area contributed by atoms with Crippen molar-refractivity contribution < 1.29 is 9.53 Å². The highest BCUT2D eigenvalue weighted by atomic mass is 16.5. The normalized spacial score (nSPS) is 13.8. The minimum atomic E-state index is -1.89. The van der Waals surface area contributed by atoms with Crippen molar-refractivity contribution in [1.29, 1.82) is 0 Å². The summed E-state index contributed by atoms with van der Waals surface area (Å²) in [5, 5.41) is 11.5. The highest BCUT2D eigenvalue weighted by Crippen LogP contribution is 2.28. The number of amides is 1. The summed E-state index contributed by atoms with van der Waals surface area (Å²) >= 11 is 0. The topological polar surface area (TPSA) is 105 Å². The maximum atomic E-state index is 12.5. The summed E-state index contributed by atoms with van der Waals surface area (Å²) in [7, 11) is 18.3. The molecule has 3 aromatic heterocycles. The van der Waals surface area contributed by atoms with E-state index >= 15 is 0 Å². The molecule has 0 aromatic carbocycles. The van der Waals surface area contributed by atoms with Crippen molar-refractivity contribution >= 4 is 52.4 Å². The van der Waals surface area contributed by atoms with Crippen LogP contribution in [0.4, 0.5) is 17.3 Å². The van der Waals surface area contributed by atoms with Gasteiger partial charge in [-0.05, 0) is 30.3 Å². The van der Waals surface area contributed by atoms with Crippen LogP contribution >= 0.6 is 0 Å². The molecule has 3 aromatic rings. The Morgan fingerprint density at radius 3 is 2.83 bits per heavy atom. The monoisotopic (exact) mass is 383 g/mol. The molecule has 3 heterocycles. The quantitative estimate of drug-likeness (QED) is 0.504. The van der Waals surface area contributed by atoms with Crippen molar-refractivity contribution in [2.45, 2.75) is 24.2 Å². The zero-order valence-corrected chi connectivity index (χ0v) is 15.7. The Balaban J connectivity index is 1.70. The van der Waals surface area contributed by atoms with Crippen LogP contribution in [0.3, 0.4) is 0 Å². The van der Waals surface area contributed by atoms with E-state index in [0.717, 1.165) is 12.8 Å². The van der Waals surface area contributed by atoms with Crippen LogP contribution in [0.1, 0.15) is 23.2 Å². The second-order valence-electron chi connectivity index (χ2n) is 6.75. The van der Waals surface area contributed by atoms with E-state index in [2.05, 4.69) is 31.0 Å². The number of carbonyl (C=O) groups is 1. The molecular formula is C17H16B3N7O2. The van der Waals surface area contributed by atoms with Gasteiger partial charge in [0.25, 0.3) is 5.91 Å². The number of anilines is 3. The van der Waals surface area contributed by atoms with Gasteiger partial charge in [0.2, 0.25) is 5.88 Å². The minimum Gasteiger partial charge on any atom is -0.499 e. The molecule has 6 radical (unpaired) electrons. The molecule has 1 saturated carbocycles. The Hall–Kier alpha value is -3.17. The van der Waals surface area contributed by atoms with Gasteiger partial charge in [-0.1, -0.05) is 0 Å². The van der Waals surface area contributed by atoms with Gasteiger partial charge in [0.1, 0.15) is 46.4 Å². The van der Waals surface area contributed by atoms with Gasteiger partial charge in [0, 0.05) is 25.4 Å². The van der Waals surface area contributed by atoms with E-state index in [1.54, 1.807) is 29.8 Å². The molecule has 0 saturated heterocycles. The lowest BCUT2D eigenvalue weighted by atomic mass is 9.52. The van der Waals surface area contributed by atoms with Crippen LogP contribution in [0, 0.1) is 0 Å². The molecule has 4 rings (SSSR count). The fourth-order valence-electron chi connectivity index (χ4n) is 2.73. The summed E-state index contributed by atoms with van der Waals surface area (Å²) in [4.78, 5) is 21.2. The first-order valence-electron chi connectivity index (χ1n) is 8.99. The van der Waals surface area contributed by atoms with Crippen molar-refractivity contribution in [3.05, 3.63) is 36.2 Å². The minimum absolute atomic E-state index is 0.105. The molecule has 1 aliphatic carbocycles. The van der Waals surface area contributed by atoms with Gasteiger partial charge in [-0.3, -0.25) is 4.79 Å². The van der Waals surface area contributed by atoms with Crippen LogP contribution in [-0.2, 0) is 0 Å². The lowest BCUT2D eigenvalue weighted by molar-refractivity contribution is 0.0952. The summed E-state index contributed by atoms with van der Waals surface area (Å²) in [5.41, 5.74) is 1.22. The van der Waals surface area contributed by atoms with E-state index < -0.39 is 5.30 Å².